The Morgan fingerprint density at radius 2 is 2.62 bits per heavy atom. The van der Waals surface area contributed by atoms with Crippen LogP contribution in [0, 0.1) is 0 Å². The van der Waals surface area contributed by atoms with Crippen molar-refractivity contribution in [2.24, 2.45) is 0 Å². The average molecular weight is 224 g/mol. The van der Waals surface area contributed by atoms with Gasteiger partial charge < -0.3 is 20.1 Å². The second kappa shape index (κ2) is 5.62. The fraction of sp³-hybridized carbons (Fsp3) is 0.600. The van der Waals surface area contributed by atoms with Crippen LogP contribution in [0.15, 0.2) is 12.3 Å². The molecule has 1 aromatic heterocycles. The van der Waals surface area contributed by atoms with Gasteiger partial charge in [0.25, 0.3) is 0 Å². The molecular formula is C10H16N4O2. The molecule has 1 aromatic rings. The van der Waals surface area contributed by atoms with Crippen molar-refractivity contribution in [2.45, 2.75) is 6.10 Å². The van der Waals surface area contributed by atoms with E-state index in [-0.39, 0.29) is 6.10 Å². The maximum absolute atomic E-state index is 5.54. The molecule has 0 bridgehead atoms. The maximum atomic E-state index is 5.54. The maximum Gasteiger partial charge on any atom is 0.226 e. The third-order valence-electron chi connectivity index (χ3n) is 2.33. The molecule has 2 N–H and O–H groups in total. The lowest BCUT2D eigenvalue weighted by atomic mass is 10.3. The van der Waals surface area contributed by atoms with Gasteiger partial charge in [-0.3, -0.25) is 0 Å². The van der Waals surface area contributed by atoms with E-state index < -0.39 is 0 Å². The van der Waals surface area contributed by atoms with Gasteiger partial charge in [-0.1, -0.05) is 0 Å². The predicted octanol–water partition coefficient (Wildman–Crippen LogP) is -0.115. The Morgan fingerprint density at radius 3 is 3.38 bits per heavy atom. The van der Waals surface area contributed by atoms with Gasteiger partial charge in [0.05, 0.1) is 19.8 Å². The number of nitrogens with zero attached hydrogens (tertiary/aromatic N) is 2. The second-order valence-corrected chi connectivity index (χ2v) is 3.50. The molecule has 0 saturated carbocycles. The highest BCUT2D eigenvalue weighted by Gasteiger charge is 2.13. The highest BCUT2D eigenvalue weighted by atomic mass is 16.5. The van der Waals surface area contributed by atoms with E-state index in [1.807, 2.05) is 0 Å². The normalized spacial score (nSPS) is 20.4. The molecule has 0 unspecified atom stereocenters. The van der Waals surface area contributed by atoms with Crippen LogP contribution in [0.25, 0.3) is 0 Å². The van der Waals surface area contributed by atoms with Crippen molar-refractivity contribution in [3.8, 4) is 5.88 Å². The van der Waals surface area contributed by atoms with E-state index in [1.165, 1.54) is 0 Å². The number of nitrogens with one attached hydrogen (secondary N) is 2. The summed E-state index contributed by atoms with van der Waals surface area (Å²) in [5.41, 5.74) is 0. The third kappa shape index (κ3) is 3.04. The number of methoxy groups -OCH3 is 1. The summed E-state index contributed by atoms with van der Waals surface area (Å²) in [7, 11) is 1.58. The number of hydrogen-bond donors (Lipinski definition) is 2. The molecule has 16 heavy (non-hydrogen) atoms. The lowest BCUT2D eigenvalue weighted by Crippen LogP contribution is -2.42. The van der Waals surface area contributed by atoms with Crippen molar-refractivity contribution in [3.63, 3.8) is 0 Å². The van der Waals surface area contributed by atoms with Crippen LogP contribution in [-0.2, 0) is 4.74 Å². The number of ether oxygens (including phenoxy) is 2. The molecule has 0 aliphatic carbocycles. The fourth-order valence-corrected chi connectivity index (χ4v) is 1.50. The molecule has 6 nitrogen and oxygen atoms in total. The standard InChI is InChI=1S/C10H16N4O2/c1-15-9-2-3-12-10(14-9)13-7-8-6-11-4-5-16-8/h2-3,8,11H,4-7H2,1H3,(H,12,13,14)/t8-/m1/s1. The quantitative estimate of drug-likeness (QED) is 0.743. The molecule has 1 atom stereocenters. The van der Waals surface area contributed by atoms with E-state index in [0.717, 1.165) is 19.7 Å². The van der Waals surface area contributed by atoms with Crippen LogP contribution in [0.5, 0.6) is 5.88 Å². The number of anilines is 1. The van der Waals surface area contributed by atoms with Crippen molar-refractivity contribution in [2.75, 3.05) is 38.7 Å². The van der Waals surface area contributed by atoms with Crippen LogP contribution < -0.4 is 15.4 Å². The van der Waals surface area contributed by atoms with E-state index in [1.54, 1.807) is 19.4 Å². The Balaban J connectivity index is 1.83. The Hall–Kier alpha value is -1.40. The molecule has 1 aliphatic rings. The Kier molecular flexibility index (Phi) is 3.90. The van der Waals surface area contributed by atoms with Crippen molar-refractivity contribution in [1.82, 2.24) is 15.3 Å². The summed E-state index contributed by atoms with van der Waals surface area (Å²) in [6.45, 7) is 3.23. The van der Waals surface area contributed by atoms with Crippen molar-refractivity contribution < 1.29 is 9.47 Å². The SMILES string of the molecule is COc1ccnc(NC[C@H]2CNCCO2)n1. The van der Waals surface area contributed by atoms with Crippen LogP contribution >= 0.6 is 0 Å². The molecule has 6 heteroatoms. The first-order valence-electron chi connectivity index (χ1n) is 5.31. The summed E-state index contributed by atoms with van der Waals surface area (Å²) in [5, 5.41) is 6.38. The van der Waals surface area contributed by atoms with Gasteiger partial charge in [-0.25, -0.2) is 4.98 Å². The highest BCUT2D eigenvalue weighted by molar-refractivity contribution is 5.27. The zero-order valence-electron chi connectivity index (χ0n) is 9.27. The molecule has 88 valence electrons. The van der Waals surface area contributed by atoms with E-state index >= 15 is 0 Å². The van der Waals surface area contributed by atoms with E-state index in [9.17, 15) is 0 Å². The van der Waals surface area contributed by atoms with Crippen molar-refractivity contribution >= 4 is 5.95 Å². The lowest BCUT2D eigenvalue weighted by molar-refractivity contribution is 0.0371. The first-order valence-corrected chi connectivity index (χ1v) is 5.31. The molecule has 2 heterocycles. The van der Waals surface area contributed by atoms with Crippen molar-refractivity contribution in [1.29, 1.82) is 0 Å². The van der Waals surface area contributed by atoms with Crippen LogP contribution in [-0.4, -0.2) is 49.4 Å². The van der Waals surface area contributed by atoms with Crippen LogP contribution in [0.4, 0.5) is 5.95 Å². The Bertz CT molecular complexity index is 328. The van der Waals surface area contributed by atoms with Gasteiger partial charge in [0, 0.05) is 31.9 Å². The molecule has 0 radical (unpaired) electrons. The average Bonchev–Trinajstić information content (AvgIpc) is 2.38. The van der Waals surface area contributed by atoms with Crippen LogP contribution in [0.2, 0.25) is 0 Å². The number of rotatable bonds is 4. The Morgan fingerprint density at radius 1 is 1.69 bits per heavy atom. The summed E-state index contributed by atoms with van der Waals surface area (Å²) in [5.74, 6) is 1.12. The lowest BCUT2D eigenvalue weighted by Gasteiger charge is -2.23. The van der Waals surface area contributed by atoms with E-state index in [0.29, 0.717) is 18.4 Å². The van der Waals surface area contributed by atoms with Gasteiger partial charge in [0.1, 0.15) is 0 Å². The van der Waals surface area contributed by atoms with Gasteiger partial charge in [0.2, 0.25) is 11.8 Å². The topological polar surface area (TPSA) is 68.3 Å². The minimum absolute atomic E-state index is 0.170. The van der Waals surface area contributed by atoms with Gasteiger partial charge in [-0.2, -0.15) is 4.98 Å². The summed E-state index contributed by atoms with van der Waals surface area (Å²) in [6, 6.07) is 1.71. The summed E-state index contributed by atoms with van der Waals surface area (Å²) < 4.78 is 10.6. The van der Waals surface area contributed by atoms with Crippen LogP contribution in [0.1, 0.15) is 0 Å². The molecule has 0 aromatic carbocycles. The number of hydrogen-bond acceptors (Lipinski definition) is 6. The number of aromatic nitrogens is 2. The predicted molar refractivity (Wildman–Crippen MR) is 59.7 cm³/mol. The fourth-order valence-electron chi connectivity index (χ4n) is 1.50. The smallest absolute Gasteiger partial charge is 0.226 e. The molecule has 2 rings (SSSR count). The number of morpholine rings is 1. The second-order valence-electron chi connectivity index (χ2n) is 3.50. The first-order chi connectivity index (χ1) is 7.88. The van der Waals surface area contributed by atoms with Gasteiger partial charge in [-0.15, -0.1) is 0 Å². The monoisotopic (exact) mass is 224 g/mol. The van der Waals surface area contributed by atoms with Gasteiger partial charge in [-0.05, 0) is 0 Å². The molecule has 1 aliphatic heterocycles. The Labute approximate surface area is 94.4 Å². The van der Waals surface area contributed by atoms with E-state index in [4.69, 9.17) is 9.47 Å². The first kappa shape index (κ1) is 11.1. The van der Waals surface area contributed by atoms with Gasteiger partial charge in [0.15, 0.2) is 0 Å². The molecule has 0 spiro atoms. The molecule has 1 saturated heterocycles. The summed E-state index contributed by atoms with van der Waals surface area (Å²) >= 11 is 0. The van der Waals surface area contributed by atoms with Crippen molar-refractivity contribution in [3.05, 3.63) is 12.3 Å². The summed E-state index contributed by atoms with van der Waals surface area (Å²) in [4.78, 5) is 8.25. The minimum Gasteiger partial charge on any atom is -0.481 e. The van der Waals surface area contributed by atoms with Gasteiger partial charge >= 0.3 is 0 Å². The molecule has 1 fully saturated rings. The minimum atomic E-state index is 0.170. The van der Waals surface area contributed by atoms with Crippen LogP contribution in [0.3, 0.4) is 0 Å². The highest BCUT2D eigenvalue weighted by Crippen LogP contribution is 2.07. The zero-order valence-corrected chi connectivity index (χ0v) is 9.27. The summed E-state index contributed by atoms with van der Waals surface area (Å²) in [6.07, 6.45) is 1.83. The third-order valence-corrected chi connectivity index (χ3v) is 2.33. The molecular weight excluding hydrogens is 208 g/mol. The zero-order chi connectivity index (χ0) is 11.2. The van der Waals surface area contributed by atoms with E-state index in [2.05, 4.69) is 20.6 Å². The molecule has 0 amide bonds. The largest absolute Gasteiger partial charge is 0.481 e.